The number of nitrogens with zero attached hydrogens (tertiary/aromatic N) is 1. The Kier molecular flexibility index (Phi) is 6.65. The summed E-state index contributed by atoms with van der Waals surface area (Å²) in [4.78, 5) is 50.1. The number of fused-ring (bicyclic) bond motifs is 5. The molecule has 1 aromatic heterocycles. The fraction of sp³-hybridized carbons (Fsp3) is 0.333. The number of ether oxygens (including phenoxy) is 4. The molecule has 0 spiro atoms. The Hall–Kier alpha value is -4.60. The van der Waals surface area contributed by atoms with Crippen molar-refractivity contribution in [3.8, 4) is 11.5 Å². The van der Waals surface area contributed by atoms with Crippen LogP contribution in [0, 0.1) is 0 Å². The molecule has 1 aliphatic rings. The Morgan fingerprint density at radius 3 is 2.35 bits per heavy atom. The Bertz CT molecular complexity index is 1770. The van der Waals surface area contributed by atoms with Crippen LogP contribution in [-0.2, 0) is 30.9 Å². The summed E-state index contributed by atoms with van der Waals surface area (Å²) in [5.41, 5.74) is -0.106. The second-order valence-electron chi connectivity index (χ2n) is 10.4. The van der Waals surface area contributed by atoms with Gasteiger partial charge in [0.1, 0.15) is 17.1 Å². The number of aromatic nitrogens is 1. The molecule has 3 aromatic carbocycles. The molecule has 1 N–H and O–H groups in total. The maximum Gasteiger partial charge on any atom is 0.306 e. The lowest BCUT2D eigenvalue weighted by Gasteiger charge is -2.43. The van der Waals surface area contributed by atoms with E-state index in [1.54, 1.807) is 27.0 Å². The van der Waals surface area contributed by atoms with Gasteiger partial charge in [-0.05, 0) is 36.8 Å². The van der Waals surface area contributed by atoms with Crippen LogP contribution in [0.4, 0.5) is 0 Å². The van der Waals surface area contributed by atoms with Crippen LogP contribution < -0.4 is 14.9 Å². The first-order valence-electron chi connectivity index (χ1n) is 12.8. The number of esters is 2. The van der Waals surface area contributed by atoms with Crippen LogP contribution >= 0.6 is 0 Å². The quantitative estimate of drug-likeness (QED) is 0.276. The van der Waals surface area contributed by atoms with Crippen molar-refractivity contribution in [2.45, 2.75) is 51.4 Å². The highest BCUT2D eigenvalue weighted by Gasteiger charge is 2.50. The van der Waals surface area contributed by atoms with Crippen LogP contribution in [0.3, 0.4) is 0 Å². The zero-order chi connectivity index (χ0) is 28.9. The summed E-state index contributed by atoms with van der Waals surface area (Å²) in [7, 11) is 3.24. The van der Waals surface area contributed by atoms with E-state index in [0.717, 1.165) is 10.8 Å². The predicted octanol–water partition coefficient (Wildman–Crippen LogP) is 4.41. The maximum absolute atomic E-state index is 14.0. The number of pyridine rings is 1. The first kappa shape index (κ1) is 27.0. The third-order valence-electron chi connectivity index (χ3n) is 7.23. The largest absolute Gasteiger partial charge is 0.496 e. The average Bonchev–Trinajstić information content (AvgIpc) is 2.90. The maximum atomic E-state index is 14.0. The fourth-order valence-corrected chi connectivity index (χ4v) is 5.44. The van der Waals surface area contributed by atoms with Gasteiger partial charge in [0.2, 0.25) is 5.43 Å². The van der Waals surface area contributed by atoms with E-state index in [4.69, 9.17) is 24.1 Å². The van der Waals surface area contributed by atoms with E-state index in [0.29, 0.717) is 27.7 Å². The summed E-state index contributed by atoms with van der Waals surface area (Å²) in [5, 5.41) is 11.6. The van der Waals surface area contributed by atoms with Crippen LogP contribution in [0.15, 0.2) is 47.3 Å². The van der Waals surface area contributed by atoms with Gasteiger partial charge < -0.3 is 28.6 Å². The molecule has 1 aliphatic heterocycles. The normalized spacial score (nSPS) is 17.7. The monoisotopic (exact) mass is 547 g/mol. The molecule has 0 radical (unpaired) electrons. The molecule has 0 bridgehead atoms. The molecule has 40 heavy (non-hydrogen) atoms. The van der Waals surface area contributed by atoms with Crippen molar-refractivity contribution in [1.82, 2.24) is 4.57 Å². The van der Waals surface area contributed by atoms with E-state index in [1.807, 2.05) is 41.0 Å². The number of carboxylic acid groups (broad SMARTS) is 1. The summed E-state index contributed by atoms with van der Waals surface area (Å²) in [6.07, 6.45) is -3.11. The highest BCUT2D eigenvalue weighted by molar-refractivity contribution is 6.04. The zero-order valence-corrected chi connectivity index (χ0v) is 22.8. The summed E-state index contributed by atoms with van der Waals surface area (Å²) in [6.45, 7) is 4.57. The van der Waals surface area contributed by atoms with E-state index < -0.39 is 42.1 Å². The number of hydrogen-bond acceptors (Lipinski definition) is 8. The van der Waals surface area contributed by atoms with Crippen LogP contribution in [0.1, 0.15) is 45.3 Å². The van der Waals surface area contributed by atoms with Crippen LogP contribution in [0.2, 0.25) is 0 Å². The topological polar surface area (TPSA) is 130 Å². The third-order valence-corrected chi connectivity index (χ3v) is 7.23. The molecule has 0 saturated heterocycles. The molecule has 4 aromatic rings. The number of hydrogen-bond donors (Lipinski definition) is 1. The molecule has 10 heteroatoms. The second-order valence-corrected chi connectivity index (χ2v) is 10.4. The van der Waals surface area contributed by atoms with Gasteiger partial charge in [0.25, 0.3) is 0 Å². The lowest BCUT2D eigenvalue weighted by molar-refractivity contribution is -0.189. The molecule has 0 saturated carbocycles. The summed E-state index contributed by atoms with van der Waals surface area (Å²) in [5.74, 6) is -1.99. The van der Waals surface area contributed by atoms with Crippen LogP contribution in [0.25, 0.3) is 32.6 Å². The van der Waals surface area contributed by atoms with Crippen molar-refractivity contribution in [1.29, 1.82) is 0 Å². The Morgan fingerprint density at radius 1 is 1.05 bits per heavy atom. The van der Waals surface area contributed by atoms with Crippen molar-refractivity contribution in [2.24, 2.45) is 7.05 Å². The molecular formula is C30H29NO9. The first-order chi connectivity index (χ1) is 18.9. The number of aryl methyl sites for hydroxylation is 1. The summed E-state index contributed by atoms with van der Waals surface area (Å²) < 4.78 is 25.3. The molecule has 0 aliphatic carbocycles. The van der Waals surface area contributed by atoms with E-state index in [-0.39, 0.29) is 23.0 Å². The van der Waals surface area contributed by atoms with Gasteiger partial charge in [-0.15, -0.1) is 0 Å². The number of carbonyl (C=O) groups is 3. The Morgan fingerprint density at radius 2 is 1.73 bits per heavy atom. The highest BCUT2D eigenvalue weighted by Crippen LogP contribution is 2.49. The van der Waals surface area contributed by atoms with Crippen LogP contribution in [0.5, 0.6) is 11.5 Å². The molecule has 208 valence electrons. The molecule has 2 unspecified atom stereocenters. The van der Waals surface area contributed by atoms with Gasteiger partial charge in [-0.3, -0.25) is 19.2 Å². The first-order valence-corrected chi connectivity index (χ1v) is 12.8. The SMILES string of the molecule is COc1cc2c(c3c1c(=O)c1cc4ccccc4cc1n3C)C(OC(C)=O)C(OC(=O)CCC(=O)O)C(C)(C)O2. The molecule has 0 fully saturated rings. The Labute approximate surface area is 229 Å². The van der Waals surface area contributed by atoms with Crippen molar-refractivity contribution < 1.29 is 38.4 Å². The van der Waals surface area contributed by atoms with Gasteiger partial charge in [-0.25, -0.2) is 0 Å². The Balaban J connectivity index is 1.83. The average molecular weight is 548 g/mol. The number of carbonyl (C=O) groups excluding carboxylic acids is 2. The van der Waals surface area contributed by atoms with E-state index in [9.17, 15) is 19.2 Å². The minimum absolute atomic E-state index is 0.253. The van der Waals surface area contributed by atoms with Crippen molar-refractivity contribution in [3.05, 3.63) is 58.3 Å². The van der Waals surface area contributed by atoms with E-state index in [2.05, 4.69) is 0 Å². The van der Waals surface area contributed by atoms with Crippen molar-refractivity contribution in [2.75, 3.05) is 7.11 Å². The lowest BCUT2D eigenvalue weighted by Crippen LogP contribution is -2.52. The minimum atomic E-state index is -1.20. The van der Waals surface area contributed by atoms with Crippen molar-refractivity contribution >= 4 is 50.5 Å². The second kappa shape index (κ2) is 9.86. The summed E-state index contributed by atoms with van der Waals surface area (Å²) in [6, 6.07) is 13.0. The number of rotatable bonds is 6. The number of methoxy groups -OCH3 is 1. The smallest absolute Gasteiger partial charge is 0.306 e. The molecule has 5 rings (SSSR count). The highest BCUT2D eigenvalue weighted by atomic mass is 16.6. The van der Waals surface area contributed by atoms with Crippen molar-refractivity contribution in [3.63, 3.8) is 0 Å². The van der Waals surface area contributed by atoms with Gasteiger partial charge >= 0.3 is 17.9 Å². The molecule has 0 amide bonds. The van der Waals surface area contributed by atoms with E-state index in [1.165, 1.54) is 14.0 Å². The molecular weight excluding hydrogens is 518 g/mol. The van der Waals surface area contributed by atoms with Gasteiger partial charge in [-0.2, -0.15) is 0 Å². The molecule has 2 atom stereocenters. The fourth-order valence-electron chi connectivity index (χ4n) is 5.44. The van der Waals surface area contributed by atoms with Crippen LogP contribution in [-0.4, -0.2) is 46.4 Å². The zero-order valence-electron chi connectivity index (χ0n) is 22.8. The summed E-state index contributed by atoms with van der Waals surface area (Å²) >= 11 is 0. The number of aliphatic carboxylic acids is 1. The number of benzene rings is 3. The van der Waals surface area contributed by atoms with Gasteiger partial charge in [0, 0.05) is 25.4 Å². The standard InChI is InChI=1S/C30H29NO9/c1-15(32)38-28-25-21(40-30(2,3)29(28)39-23(35)11-10-22(33)34)14-20(37-5)24-26(25)31(4)19-13-17-9-7-6-8-16(17)12-18(19)27(24)36/h6-9,12-14,28-29H,10-11H2,1-5H3,(H,33,34). The predicted molar refractivity (Wildman–Crippen MR) is 147 cm³/mol. The third kappa shape index (κ3) is 4.49. The minimum Gasteiger partial charge on any atom is -0.496 e. The molecule has 10 nitrogen and oxygen atoms in total. The lowest BCUT2D eigenvalue weighted by atomic mass is 9.86. The van der Waals surface area contributed by atoms with Gasteiger partial charge in [-0.1, -0.05) is 24.3 Å². The number of carboxylic acids is 1. The van der Waals surface area contributed by atoms with Gasteiger partial charge in [0.05, 0.1) is 41.9 Å². The van der Waals surface area contributed by atoms with E-state index >= 15 is 0 Å². The molecule has 2 heterocycles. The van der Waals surface area contributed by atoms with Gasteiger partial charge in [0.15, 0.2) is 12.2 Å².